The molecule has 1 heterocycles. The molecule has 2 aromatic rings. The fourth-order valence-corrected chi connectivity index (χ4v) is 2.24. The first-order valence-corrected chi connectivity index (χ1v) is 6.15. The van der Waals surface area contributed by atoms with Crippen molar-refractivity contribution in [2.45, 2.75) is 0 Å². The summed E-state index contributed by atoms with van der Waals surface area (Å²) in [5.74, 6) is 0.0559. The molecule has 0 aliphatic carbocycles. The summed E-state index contributed by atoms with van der Waals surface area (Å²) in [6, 6.07) is 11.6. The van der Waals surface area contributed by atoms with Crippen LogP contribution in [0.4, 0.5) is 10.1 Å². The van der Waals surface area contributed by atoms with E-state index in [-0.39, 0.29) is 11.7 Å². The van der Waals surface area contributed by atoms with Gasteiger partial charge in [0.05, 0.1) is 7.11 Å². The summed E-state index contributed by atoms with van der Waals surface area (Å²) in [7, 11) is 1.57. The van der Waals surface area contributed by atoms with Gasteiger partial charge in [-0.3, -0.25) is 4.79 Å². The number of halogens is 1. The van der Waals surface area contributed by atoms with Crippen LogP contribution in [0.1, 0.15) is 11.1 Å². The first-order valence-electron chi connectivity index (χ1n) is 6.15. The Morgan fingerprint density at radius 1 is 1.20 bits per heavy atom. The zero-order valence-electron chi connectivity index (χ0n) is 10.8. The Morgan fingerprint density at radius 3 is 2.80 bits per heavy atom. The van der Waals surface area contributed by atoms with Crippen LogP contribution < -0.4 is 10.1 Å². The summed E-state index contributed by atoms with van der Waals surface area (Å²) in [6.45, 7) is 0. The molecule has 4 heteroatoms. The minimum Gasteiger partial charge on any atom is -0.496 e. The van der Waals surface area contributed by atoms with E-state index in [9.17, 15) is 9.18 Å². The number of fused-ring (bicyclic) bond motifs is 1. The highest BCUT2D eigenvalue weighted by Crippen LogP contribution is 2.34. The van der Waals surface area contributed by atoms with E-state index in [2.05, 4.69) is 5.32 Å². The Hall–Kier alpha value is -2.62. The second kappa shape index (κ2) is 4.81. The lowest BCUT2D eigenvalue weighted by molar-refractivity contribution is -0.110. The third-order valence-corrected chi connectivity index (χ3v) is 3.20. The Labute approximate surface area is 115 Å². The predicted molar refractivity (Wildman–Crippen MR) is 75.9 cm³/mol. The molecular weight excluding hydrogens is 257 g/mol. The number of carbonyl (C=O) groups excluding carboxylic acids is 1. The van der Waals surface area contributed by atoms with Crippen molar-refractivity contribution in [3.8, 4) is 5.75 Å². The van der Waals surface area contributed by atoms with Gasteiger partial charge in [0.2, 0.25) is 0 Å². The summed E-state index contributed by atoms with van der Waals surface area (Å²) < 4.78 is 18.6. The molecule has 0 fully saturated rings. The number of rotatable bonds is 2. The Balaban J connectivity index is 2.13. The van der Waals surface area contributed by atoms with Crippen molar-refractivity contribution in [2.75, 3.05) is 12.4 Å². The van der Waals surface area contributed by atoms with E-state index >= 15 is 0 Å². The molecule has 0 unspecified atom stereocenters. The molecule has 0 atom stereocenters. The number of ether oxygens (including phenoxy) is 1. The molecule has 0 saturated carbocycles. The van der Waals surface area contributed by atoms with E-state index in [1.807, 2.05) is 24.3 Å². The van der Waals surface area contributed by atoms with Crippen LogP contribution in [0.2, 0.25) is 0 Å². The molecular formula is C16H12FNO2. The predicted octanol–water partition coefficient (Wildman–Crippen LogP) is 3.33. The molecule has 0 bridgehead atoms. The fourth-order valence-electron chi connectivity index (χ4n) is 2.24. The molecule has 3 rings (SSSR count). The van der Waals surface area contributed by atoms with Gasteiger partial charge in [0.1, 0.15) is 11.6 Å². The molecule has 1 amide bonds. The SMILES string of the molecule is COc1ccccc1/C=C1/C(=O)Nc2ccc(F)cc21. The number of amides is 1. The largest absolute Gasteiger partial charge is 0.496 e. The molecule has 1 N–H and O–H groups in total. The number of anilines is 1. The summed E-state index contributed by atoms with van der Waals surface area (Å²) >= 11 is 0. The number of methoxy groups -OCH3 is 1. The average Bonchev–Trinajstić information content (AvgIpc) is 2.76. The van der Waals surface area contributed by atoms with Crippen LogP contribution in [0.3, 0.4) is 0 Å². The van der Waals surface area contributed by atoms with E-state index in [0.29, 0.717) is 22.6 Å². The second-order valence-electron chi connectivity index (χ2n) is 4.44. The van der Waals surface area contributed by atoms with Gasteiger partial charge in [0.25, 0.3) is 5.91 Å². The highest BCUT2D eigenvalue weighted by molar-refractivity contribution is 6.35. The van der Waals surface area contributed by atoms with Crippen molar-refractivity contribution in [2.24, 2.45) is 0 Å². The number of benzene rings is 2. The number of hydrogen-bond donors (Lipinski definition) is 1. The quantitative estimate of drug-likeness (QED) is 0.849. The third-order valence-electron chi connectivity index (χ3n) is 3.20. The van der Waals surface area contributed by atoms with Gasteiger partial charge >= 0.3 is 0 Å². The summed E-state index contributed by atoms with van der Waals surface area (Å²) in [5.41, 5.74) is 2.40. The van der Waals surface area contributed by atoms with Crippen molar-refractivity contribution >= 4 is 23.2 Å². The van der Waals surface area contributed by atoms with Crippen LogP contribution in [-0.4, -0.2) is 13.0 Å². The van der Waals surface area contributed by atoms with Gasteiger partial charge < -0.3 is 10.1 Å². The highest BCUT2D eigenvalue weighted by Gasteiger charge is 2.24. The topological polar surface area (TPSA) is 38.3 Å². The lowest BCUT2D eigenvalue weighted by atomic mass is 10.0. The molecule has 1 aliphatic rings. The van der Waals surface area contributed by atoms with Gasteiger partial charge in [-0.1, -0.05) is 18.2 Å². The second-order valence-corrected chi connectivity index (χ2v) is 4.44. The minimum absolute atomic E-state index is 0.239. The smallest absolute Gasteiger partial charge is 0.256 e. The normalized spacial score (nSPS) is 15.1. The molecule has 2 aromatic carbocycles. The first-order chi connectivity index (χ1) is 9.69. The van der Waals surface area contributed by atoms with E-state index in [0.717, 1.165) is 5.56 Å². The Kier molecular flexibility index (Phi) is 2.99. The molecule has 3 nitrogen and oxygen atoms in total. The number of para-hydroxylation sites is 1. The molecule has 0 saturated heterocycles. The van der Waals surface area contributed by atoms with Gasteiger partial charge in [0, 0.05) is 22.4 Å². The molecule has 0 spiro atoms. The van der Waals surface area contributed by atoms with E-state index in [1.165, 1.54) is 12.1 Å². The van der Waals surface area contributed by atoms with Crippen molar-refractivity contribution in [3.63, 3.8) is 0 Å². The van der Waals surface area contributed by atoms with Gasteiger partial charge in [-0.25, -0.2) is 4.39 Å². The van der Waals surface area contributed by atoms with E-state index in [4.69, 9.17) is 4.74 Å². The van der Waals surface area contributed by atoms with Crippen LogP contribution in [-0.2, 0) is 4.79 Å². The van der Waals surface area contributed by atoms with Gasteiger partial charge in [0.15, 0.2) is 0 Å². The fraction of sp³-hybridized carbons (Fsp3) is 0.0625. The van der Waals surface area contributed by atoms with Crippen molar-refractivity contribution in [1.29, 1.82) is 0 Å². The molecule has 0 aromatic heterocycles. The number of nitrogens with one attached hydrogen (secondary N) is 1. The van der Waals surface area contributed by atoms with Crippen LogP contribution >= 0.6 is 0 Å². The lowest BCUT2D eigenvalue weighted by Gasteiger charge is -2.05. The Bertz CT molecular complexity index is 722. The van der Waals surface area contributed by atoms with Crippen molar-refractivity contribution < 1.29 is 13.9 Å². The molecule has 100 valence electrons. The average molecular weight is 269 g/mol. The summed E-state index contributed by atoms with van der Waals surface area (Å²) in [4.78, 5) is 12.0. The third kappa shape index (κ3) is 2.05. The van der Waals surface area contributed by atoms with Gasteiger partial charge in [-0.2, -0.15) is 0 Å². The maximum absolute atomic E-state index is 13.4. The zero-order valence-corrected chi connectivity index (χ0v) is 10.8. The van der Waals surface area contributed by atoms with Crippen LogP contribution in [0, 0.1) is 5.82 Å². The molecule has 20 heavy (non-hydrogen) atoms. The van der Waals surface area contributed by atoms with Crippen LogP contribution in [0.15, 0.2) is 42.5 Å². The lowest BCUT2D eigenvalue weighted by Crippen LogP contribution is -2.03. The maximum atomic E-state index is 13.4. The molecule has 0 radical (unpaired) electrons. The summed E-state index contributed by atoms with van der Waals surface area (Å²) in [5, 5.41) is 2.72. The standard InChI is InChI=1S/C16H12FNO2/c1-20-15-5-3-2-4-10(15)8-13-12-9-11(17)6-7-14(12)18-16(13)19/h2-9H,1H3,(H,18,19)/b13-8+. The molecule has 1 aliphatic heterocycles. The Morgan fingerprint density at radius 2 is 2.00 bits per heavy atom. The van der Waals surface area contributed by atoms with Crippen LogP contribution in [0.5, 0.6) is 5.75 Å². The van der Waals surface area contributed by atoms with Gasteiger partial charge in [-0.15, -0.1) is 0 Å². The highest BCUT2D eigenvalue weighted by atomic mass is 19.1. The first kappa shape index (κ1) is 12.4. The maximum Gasteiger partial charge on any atom is 0.256 e. The van der Waals surface area contributed by atoms with Gasteiger partial charge in [-0.05, 0) is 30.3 Å². The van der Waals surface area contributed by atoms with Crippen LogP contribution in [0.25, 0.3) is 11.6 Å². The monoisotopic (exact) mass is 269 g/mol. The summed E-state index contributed by atoms with van der Waals surface area (Å²) in [6.07, 6.45) is 1.71. The minimum atomic E-state index is -0.369. The zero-order chi connectivity index (χ0) is 14.1. The van der Waals surface area contributed by atoms with Crippen molar-refractivity contribution in [1.82, 2.24) is 0 Å². The van der Waals surface area contributed by atoms with E-state index < -0.39 is 0 Å². The van der Waals surface area contributed by atoms with Crippen molar-refractivity contribution in [3.05, 3.63) is 59.4 Å². The number of hydrogen-bond acceptors (Lipinski definition) is 2. The van der Waals surface area contributed by atoms with E-state index in [1.54, 1.807) is 19.3 Å². The number of carbonyl (C=O) groups is 1.